The highest BCUT2D eigenvalue weighted by Crippen LogP contribution is 2.27. The van der Waals surface area contributed by atoms with E-state index in [0.29, 0.717) is 5.89 Å². The molecule has 29 heavy (non-hydrogen) atoms. The van der Waals surface area contributed by atoms with Gasteiger partial charge in [-0.15, -0.1) is 10.2 Å². The Balaban J connectivity index is 1.45. The second-order valence-electron chi connectivity index (χ2n) is 7.31. The van der Waals surface area contributed by atoms with Crippen LogP contribution in [0.25, 0.3) is 22.4 Å². The van der Waals surface area contributed by atoms with Crippen molar-refractivity contribution >= 4 is 16.9 Å². The lowest BCUT2D eigenvalue weighted by molar-refractivity contribution is -0.148. The van der Waals surface area contributed by atoms with Crippen molar-refractivity contribution in [1.29, 1.82) is 0 Å². The first-order valence-corrected chi connectivity index (χ1v) is 9.48. The van der Waals surface area contributed by atoms with Gasteiger partial charge in [0.15, 0.2) is 6.10 Å². The summed E-state index contributed by atoms with van der Waals surface area (Å²) in [7, 11) is 0. The number of carbonyl (C=O) groups is 1. The van der Waals surface area contributed by atoms with Crippen LogP contribution < -0.4 is 0 Å². The molecule has 6 heteroatoms. The molecule has 0 bridgehead atoms. The first-order valence-electron chi connectivity index (χ1n) is 9.48. The molecule has 1 atom stereocenters. The number of hydrogen-bond acceptors (Lipinski definition) is 6. The lowest BCUT2D eigenvalue weighted by Gasteiger charge is -2.09. The Bertz CT molecular complexity index is 1170. The van der Waals surface area contributed by atoms with Gasteiger partial charge in [-0.3, -0.25) is 4.79 Å². The van der Waals surface area contributed by atoms with Crippen LogP contribution in [0.5, 0.6) is 0 Å². The fourth-order valence-corrected chi connectivity index (χ4v) is 3.13. The predicted octanol–water partition coefficient (Wildman–Crippen LogP) is 5.25. The van der Waals surface area contributed by atoms with E-state index in [1.54, 1.807) is 13.2 Å². The summed E-state index contributed by atoms with van der Waals surface area (Å²) in [6.45, 7) is 7.79. The van der Waals surface area contributed by atoms with Crippen LogP contribution in [-0.4, -0.2) is 16.2 Å². The Hall–Kier alpha value is -3.41. The summed E-state index contributed by atoms with van der Waals surface area (Å²) in [5.74, 6) is 0.278. The van der Waals surface area contributed by atoms with Gasteiger partial charge in [-0.1, -0.05) is 17.7 Å². The van der Waals surface area contributed by atoms with Gasteiger partial charge in [-0.25, -0.2) is 0 Å². The van der Waals surface area contributed by atoms with E-state index in [1.165, 1.54) is 0 Å². The molecule has 0 spiro atoms. The molecule has 0 amide bonds. The molecule has 2 aromatic carbocycles. The SMILES string of the molecule is Cc1ccc(-c2nnc([C@H](C)OC(=O)Cc3coc4cc(C)c(C)cc34)o2)cc1. The first kappa shape index (κ1) is 18.9. The van der Waals surface area contributed by atoms with Crippen molar-refractivity contribution in [3.63, 3.8) is 0 Å². The maximum Gasteiger partial charge on any atom is 0.311 e. The molecule has 4 rings (SSSR count). The number of esters is 1. The lowest BCUT2D eigenvalue weighted by atomic mass is 10.0. The number of hydrogen-bond donors (Lipinski definition) is 0. The van der Waals surface area contributed by atoms with E-state index in [-0.39, 0.29) is 18.3 Å². The van der Waals surface area contributed by atoms with Crippen molar-refractivity contribution in [3.8, 4) is 11.5 Å². The highest BCUT2D eigenvalue weighted by molar-refractivity contribution is 5.86. The maximum atomic E-state index is 12.5. The molecule has 0 unspecified atom stereocenters. The molecule has 0 radical (unpaired) electrons. The Morgan fingerprint density at radius 2 is 1.79 bits per heavy atom. The van der Waals surface area contributed by atoms with Crippen LogP contribution in [-0.2, 0) is 16.0 Å². The van der Waals surface area contributed by atoms with Gasteiger partial charge in [0.2, 0.25) is 5.89 Å². The van der Waals surface area contributed by atoms with Crippen molar-refractivity contribution in [2.24, 2.45) is 0 Å². The van der Waals surface area contributed by atoms with Crippen LogP contribution in [0.4, 0.5) is 0 Å². The molecule has 6 nitrogen and oxygen atoms in total. The van der Waals surface area contributed by atoms with Crippen molar-refractivity contribution in [3.05, 3.63) is 70.8 Å². The van der Waals surface area contributed by atoms with Crippen LogP contribution in [0.2, 0.25) is 0 Å². The quantitative estimate of drug-likeness (QED) is 0.433. The van der Waals surface area contributed by atoms with Gasteiger partial charge in [-0.2, -0.15) is 0 Å². The highest BCUT2D eigenvalue weighted by Gasteiger charge is 2.20. The van der Waals surface area contributed by atoms with Crippen LogP contribution in [0.15, 0.2) is 51.5 Å². The minimum atomic E-state index is -0.642. The van der Waals surface area contributed by atoms with Crippen LogP contribution >= 0.6 is 0 Å². The fourth-order valence-electron chi connectivity index (χ4n) is 3.13. The summed E-state index contributed by atoms with van der Waals surface area (Å²) >= 11 is 0. The number of rotatable bonds is 5. The molecule has 0 aliphatic carbocycles. The van der Waals surface area contributed by atoms with Crippen LogP contribution in [0.3, 0.4) is 0 Å². The monoisotopic (exact) mass is 390 g/mol. The number of furan rings is 1. The van der Waals surface area contributed by atoms with Gasteiger partial charge in [0, 0.05) is 16.5 Å². The number of benzene rings is 2. The molecule has 0 aliphatic heterocycles. The summed E-state index contributed by atoms with van der Waals surface area (Å²) in [6, 6.07) is 11.8. The van der Waals surface area contributed by atoms with Crippen LogP contribution in [0.1, 0.15) is 41.2 Å². The topological polar surface area (TPSA) is 78.4 Å². The molecule has 0 N–H and O–H groups in total. The van der Waals surface area contributed by atoms with Gasteiger partial charge < -0.3 is 13.6 Å². The van der Waals surface area contributed by atoms with Crippen molar-refractivity contribution < 1.29 is 18.4 Å². The molecule has 2 aromatic heterocycles. The molecule has 4 aromatic rings. The first-order chi connectivity index (χ1) is 13.9. The molecule has 0 saturated heterocycles. The Kier molecular flexibility index (Phi) is 4.92. The Labute approximate surface area is 168 Å². The van der Waals surface area contributed by atoms with E-state index in [9.17, 15) is 4.79 Å². The summed E-state index contributed by atoms with van der Waals surface area (Å²) in [6.07, 6.45) is 1.08. The molecule has 0 saturated carbocycles. The van der Waals surface area contributed by atoms with Gasteiger partial charge in [0.25, 0.3) is 5.89 Å². The third kappa shape index (κ3) is 3.92. The number of carbonyl (C=O) groups excluding carboxylic acids is 1. The summed E-state index contributed by atoms with van der Waals surface area (Å²) in [5.41, 5.74) is 5.83. The largest absolute Gasteiger partial charge is 0.464 e. The zero-order chi connectivity index (χ0) is 20.5. The average molecular weight is 390 g/mol. The normalized spacial score (nSPS) is 12.3. The van der Waals surface area contributed by atoms with E-state index in [4.69, 9.17) is 13.6 Å². The Morgan fingerprint density at radius 1 is 1.07 bits per heavy atom. The molecular formula is C23H22N2O4. The smallest absolute Gasteiger partial charge is 0.311 e. The number of fused-ring (bicyclic) bond motifs is 1. The lowest BCUT2D eigenvalue weighted by Crippen LogP contribution is -2.11. The zero-order valence-corrected chi connectivity index (χ0v) is 16.9. The number of ether oxygens (including phenoxy) is 1. The fraction of sp³-hybridized carbons (Fsp3) is 0.261. The standard InChI is InChI=1S/C23H22N2O4/c1-13-5-7-17(8-6-13)23-25-24-22(29-23)16(4)28-21(26)11-18-12-27-20-10-15(3)14(2)9-19(18)20/h5-10,12,16H,11H2,1-4H3/t16-/m0/s1. The predicted molar refractivity (Wildman–Crippen MR) is 108 cm³/mol. The zero-order valence-electron chi connectivity index (χ0n) is 16.9. The third-order valence-electron chi connectivity index (χ3n) is 5.00. The van der Waals surface area contributed by atoms with Crippen molar-refractivity contribution in [2.75, 3.05) is 0 Å². The second kappa shape index (κ2) is 7.54. The summed E-state index contributed by atoms with van der Waals surface area (Å²) < 4.78 is 16.8. The number of nitrogens with zero attached hydrogens (tertiary/aromatic N) is 2. The van der Waals surface area contributed by atoms with E-state index >= 15 is 0 Å². The minimum absolute atomic E-state index is 0.110. The third-order valence-corrected chi connectivity index (χ3v) is 5.00. The van der Waals surface area contributed by atoms with E-state index in [2.05, 4.69) is 10.2 Å². The van der Waals surface area contributed by atoms with Gasteiger partial charge in [0.05, 0.1) is 12.7 Å². The van der Waals surface area contributed by atoms with E-state index < -0.39 is 6.10 Å². The molecule has 0 aliphatic rings. The molecule has 0 fully saturated rings. The van der Waals surface area contributed by atoms with E-state index in [1.807, 2.05) is 57.2 Å². The van der Waals surface area contributed by atoms with Crippen molar-refractivity contribution in [2.45, 2.75) is 40.2 Å². The minimum Gasteiger partial charge on any atom is -0.464 e. The molecular weight excluding hydrogens is 368 g/mol. The summed E-state index contributed by atoms with van der Waals surface area (Å²) in [4.78, 5) is 12.5. The number of aryl methyl sites for hydroxylation is 3. The molecule has 148 valence electrons. The van der Waals surface area contributed by atoms with Crippen LogP contribution in [0, 0.1) is 20.8 Å². The Morgan fingerprint density at radius 3 is 2.55 bits per heavy atom. The van der Waals surface area contributed by atoms with Crippen molar-refractivity contribution in [1.82, 2.24) is 10.2 Å². The van der Waals surface area contributed by atoms with Gasteiger partial charge in [0.1, 0.15) is 5.58 Å². The number of aromatic nitrogens is 2. The summed E-state index contributed by atoms with van der Waals surface area (Å²) in [5, 5.41) is 9.01. The highest BCUT2D eigenvalue weighted by atomic mass is 16.6. The van der Waals surface area contributed by atoms with Gasteiger partial charge in [-0.05, 0) is 63.1 Å². The van der Waals surface area contributed by atoms with Gasteiger partial charge >= 0.3 is 5.97 Å². The maximum absolute atomic E-state index is 12.5. The average Bonchev–Trinajstić information content (AvgIpc) is 3.31. The van der Waals surface area contributed by atoms with E-state index in [0.717, 1.165) is 38.8 Å². The second-order valence-corrected chi connectivity index (χ2v) is 7.31. The molecule has 2 heterocycles.